The molecule has 0 N–H and O–H groups in total. The molecule has 1 heteroatoms. The Kier molecular flexibility index (Phi) is 4.79. The van der Waals surface area contributed by atoms with E-state index in [0.29, 0.717) is 5.78 Å². The molecule has 0 radical (unpaired) electrons. The van der Waals surface area contributed by atoms with Crippen LogP contribution in [-0.4, -0.2) is 5.78 Å². The van der Waals surface area contributed by atoms with Crippen molar-refractivity contribution in [1.82, 2.24) is 0 Å². The lowest BCUT2D eigenvalue weighted by molar-refractivity contribution is 0.0707. The maximum Gasteiger partial charge on any atom is 0.169 e. The molecule has 0 atom stereocenters. The van der Waals surface area contributed by atoms with Crippen molar-refractivity contribution in [3.63, 3.8) is 0 Å². The van der Waals surface area contributed by atoms with Crippen molar-refractivity contribution in [1.29, 1.82) is 0 Å². The maximum atomic E-state index is 13.0. The van der Waals surface area contributed by atoms with Crippen molar-refractivity contribution in [2.24, 2.45) is 5.41 Å². The number of carbonyl (C=O) groups excluding carboxylic acids is 1. The van der Waals surface area contributed by atoms with Gasteiger partial charge in [-0.05, 0) is 31.2 Å². The molecule has 0 aliphatic heterocycles. The van der Waals surface area contributed by atoms with E-state index in [1.54, 1.807) is 0 Å². The van der Waals surface area contributed by atoms with Crippen LogP contribution < -0.4 is 0 Å². The van der Waals surface area contributed by atoms with Gasteiger partial charge in [-0.15, -0.1) is 0 Å². The second-order valence-electron chi connectivity index (χ2n) is 5.97. The first-order valence-electron chi connectivity index (χ1n) is 7.86. The molecular weight excluding hydrogens is 232 g/mol. The zero-order chi connectivity index (χ0) is 13.7. The Morgan fingerprint density at radius 1 is 1.05 bits per heavy atom. The van der Waals surface area contributed by atoms with Crippen LogP contribution in [0, 0.1) is 5.41 Å². The number of fused-ring (bicyclic) bond motifs is 1. The summed E-state index contributed by atoms with van der Waals surface area (Å²) in [6.07, 6.45) is 9.02. The number of hydrogen-bond acceptors (Lipinski definition) is 1. The Morgan fingerprint density at radius 3 is 2.32 bits per heavy atom. The second kappa shape index (κ2) is 6.36. The zero-order valence-electron chi connectivity index (χ0n) is 12.4. The summed E-state index contributed by atoms with van der Waals surface area (Å²) >= 11 is 0. The van der Waals surface area contributed by atoms with Gasteiger partial charge in [-0.2, -0.15) is 0 Å². The third-order valence-corrected chi connectivity index (χ3v) is 4.63. The van der Waals surface area contributed by atoms with Crippen LogP contribution in [0.15, 0.2) is 24.3 Å². The van der Waals surface area contributed by atoms with Crippen LogP contribution >= 0.6 is 0 Å². The molecule has 0 unspecified atom stereocenters. The van der Waals surface area contributed by atoms with Gasteiger partial charge < -0.3 is 0 Å². The number of carbonyl (C=O) groups is 1. The Labute approximate surface area is 117 Å². The van der Waals surface area contributed by atoms with E-state index in [9.17, 15) is 4.79 Å². The molecule has 1 aromatic carbocycles. The molecule has 0 spiro atoms. The molecule has 0 heterocycles. The van der Waals surface area contributed by atoms with E-state index in [2.05, 4.69) is 26.0 Å². The molecule has 0 aromatic heterocycles. The molecule has 1 aliphatic rings. The summed E-state index contributed by atoms with van der Waals surface area (Å²) in [6, 6.07) is 8.21. The van der Waals surface area contributed by atoms with Crippen molar-refractivity contribution in [2.75, 3.05) is 0 Å². The van der Waals surface area contributed by atoms with Gasteiger partial charge >= 0.3 is 0 Å². The fourth-order valence-electron chi connectivity index (χ4n) is 3.37. The molecule has 0 fully saturated rings. The maximum absolute atomic E-state index is 13.0. The number of rotatable bonds is 6. The largest absolute Gasteiger partial charge is 0.294 e. The van der Waals surface area contributed by atoms with Crippen LogP contribution in [0.3, 0.4) is 0 Å². The molecule has 0 bridgehead atoms. The Balaban J connectivity index is 2.27. The van der Waals surface area contributed by atoms with Gasteiger partial charge in [0.05, 0.1) is 0 Å². The van der Waals surface area contributed by atoms with E-state index >= 15 is 0 Å². The number of benzene rings is 1. The Hall–Kier alpha value is -1.11. The highest BCUT2D eigenvalue weighted by Gasteiger charge is 2.40. The highest BCUT2D eigenvalue weighted by atomic mass is 16.1. The number of unbranched alkanes of at least 4 members (excludes halogenated alkanes) is 2. The second-order valence-corrected chi connectivity index (χ2v) is 5.97. The van der Waals surface area contributed by atoms with Gasteiger partial charge in [0.25, 0.3) is 0 Å². The van der Waals surface area contributed by atoms with Crippen LogP contribution in [0.25, 0.3) is 0 Å². The Morgan fingerprint density at radius 2 is 1.68 bits per heavy atom. The molecule has 0 amide bonds. The summed E-state index contributed by atoms with van der Waals surface area (Å²) in [7, 11) is 0. The fourth-order valence-corrected chi connectivity index (χ4v) is 3.37. The zero-order valence-corrected chi connectivity index (χ0v) is 12.4. The van der Waals surface area contributed by atoms with E-state index in [-0.39, 0.29) is 5.41 Å². The minimum absolute atomic E-state index is 0.0552. The highest BCUT2D eigenvalue weighted by Crippen LogP contribution is 2.43. The van der Waals surface area contributed by atoms with Gasteiger partial charge in [0.2, 0.25) is 0 Å². The van der Waals surface area contributed by atoms with Gasteiger partial charge in [-0.1, -0.05) is 63.8 Å². The van der Waals surface area contributed by atoms with E-state index in [4.69, 9.17) is 0 Å². The molecule has 1 aliphatic carbocycles. The lowest BCUT2D eigenvalue weighted by Crippen LogP contribution is -2.36. The summed E-state index contributed by atoms with van der Waals surface area (Å²) in [6.45, 7) is 4.43. The molecule has 19 heavy (non-hydrogen) atoms. The van der Waals surface area contributed by atoms with Crippen molar-refractivity contribution < 1.29 is 4.79 Å². The van der Waals surface area contributed by atoms with Gasteiger partial charge in [-0.3, -0.25) is 4.79 Å². The normalized spacial score (nSPS) is 17.3. The smallest absolute Gasteiger partial charge is 0.169 e. The summed E-state index contributed by atoms with van der Waals surface area (Å²) in [5.41, 5.74) is 2.21. The first kappa shape index (κ1) is 14.3. The third kappa shape index (κ3) is 2.91. The van der Waals surface area contributed by atoms with Crippen LogP contribution in [0.5, 0.6) is 0 Å². The molecule has 2 rings (SSSR count). The van der Waals surface area contributed by atoms with Crippen molar-refractivity contribution >= 4 is 5.78 Å². The van der Waals surface area contributed by atoms with Crippen LogP contribution in [0.2, 0.25) is 0 Å². The topological polar surface area (TPSA) is 17.1 Å². The lowest BCUT2D eigenvalue weighted by Gasteiger charge is -2.37. The van der Waals surface area contributed by atoms with Crippen molar-refractivity contribution in [2.45, 2.75) is 65.2 Å². The molecule has 1 aromatic rings. The number of aryl methyl sites for hydroxylation is 1. The first-order valence-corrected chi connectivity index (χ1v) is 7.86. The number of ketones is 1. The molecule has 0 saturated heterocycles. The van der Waals surface area contributed by atoms with Gasteiger partial charge in [0.1, 0.15) is 0 Å². The van der Waals surface area contributed by atoms with E-state index in [1.165, 1.54) is 31.2 Å². The fraction of sp³-hybridized carbons (Fsp3) is 0.611. The van der Waals surface area contributed by atoms with Gasteiger partial charge in [0.15, 0.2) is 5.78 Å². The Bertz CT molecular complexity index is 425. The number of hydrogen-bond donors (Lipinski definition) is 0. The van der Waals surface area contributed by atoms with Gasteiger partial charge in [-0.25, -0.2) is 0 Å². The van der Waals surface area contributed by atoms with Crippen LogP contribution in [0.4, 0.5) is 0 Å². The van der Waals surface area contributed by atoms with E-state index in [1.807, 2.05) is 12.1 Å². The average molecular weight is 258 g/mol. The molecular formula is C18H26O. The monoisotopic (exact) mass is 258 g/mol. The third-order valence-electron chi connectivity index (χ3n) is 4.63. The van der Waals surface area contributed by atoms with E-state index < -0.39 is 0 Å². The summed E-state index contributed by atoms with van der Waals surface area (Å²) < 4.78 is 0. The predicted octanol–water partition coefficient (Wildman–Crippen LogP) is 5.18. The van der Waals surface area contributed by atoms with E-state index in [0.717, 1.165) is 31.2 Å². The molecule has 104 valence electrons. The summed E-state index contributed by atoms with van der Waals surface area (Å²) in [5.74, 6) is 0.427. The SMILES string of the molecule is CCCCC1(CCCC)CCc2ccccc2C1=O. The first-order chi connectivity index (χ1) is 9.23. The lowest BCUT2D eigenvalue weighted by atomic mass is 9.65. The summed E-state index contributed by atoms with van der Waals surface area (Å²) in [5, 5.41) is 0. The quantitative estimate of drug-likeness (QED) is 0.687. The number of Topliss-reactive ketones (excluding diaryl/α,β-unsaturated/α-hetero) is 1. The van der Waals surface area contributed by atoms with Crippen molar-refractivity contribution in [3.8, 4) is 0 Å². The van der Waals surface area contributed by atoms with Crippen LogP contribution in [-0.2, 0) is 6.42 Å². The summed E-state index contributed by atoms with van der Waals surface area (Å²) in [4.78, 5) is 13.0. The van der Waals surface area contributed by atoms with Gasteiger partial charge in [0, 0.05) is 11.0 Å². The minimum atomic E-state index is -0.0552. The molecule has 1 nitrogen and oxygen atoms in total. The standard InChI is InChI=1S/C18H26O/c1-3-5-12-18(13-6-4-2)14-11-15-9-7-8-10-16(15)17(18)19/h7-10H,3-6,11-14H2,1-2H3. The van der Waals surface area contributed by atoms with Crippen molar-refractivity contribution in [3.05, 3.63) is 35.4 Å². The predicted molar refractivity (Wildman–Crippen MR) is 80.6 cm³/mol. The average Bonchev–Trinajstić information content (AvgIpc) is 2.46. The molecule has 0 saturated carbocycles. The highest BCUT2D eigenvalue weighted by molar-refractivity contribution is 6.02. The minimum Gasteiger partial charge on any atom is -0.294 e. The van der Waals surface area contributed by atoms with Crippen LogP contribution in [0.1, 0.15) is 74.7 Å².